The predicted molar refractivity (Wildman–Crippen MR) is 56.7 cm³/mol. The maximum absolute atomic E-state index is 5.88. The first kappa shape index (κ1) is 9.65. The molecule has 2 heteroatoms. The zero-order chi connectivity index (χ0) is 9.68. The second kappa shape index (κ2) is 4.55. The van der Waals surface area contributed by atoms with E-state index in [4.69, 9.17) is 10.5 Å². The summed E-state index contributed by atoms with van der Waals surface area (Å²) in [5.41, 5.74) is 7.60. The summed E-state index contributed by atoms with van der Waals surface area (Å²) >= 11 is 0. The lowest BCUT2D eigenvalue weighted by Crippen LogP contribution is -1.98. The molecule has 1 aromatic rings. The van der Waals surface area contributed by atoms with Gasteiger partial charge in [-0.15, -0.1) is 0 Å². The summed E-state index contributed by atoms with van der Waals surface area (Å²) < 4.78 is 5.36. The Hall–Kier alpha value is -1.44. The van der Waals surface area contributed by atoms with Crippen LogP contribution in [0.1, 0.15) is 19.4 Å². The Morgan fingerprint density at radius 3 is 2.85 bits per heavy atom. The number of hydrogen-bond acceptors (Lipinski definition) is 2. The Bertz CT molecular complexity index is 305. The van der Waals surface area contributed by atoms with Gasteiger partial charge >= 0.3 is 0 Å². The summed E-state index contributed by atoms with van der Waals surface area (Å²) in [5.74, 6) is 0.762. The molecule has 2 nitrogen and oxygen atoms in total. The van der Waals surface area contributed by atoms with Crippen molar-refractivity contribution in [2.45, 2.75) is 13.8 Å². The van der Waals surface area contributed by atoms with Crippen LogP contribution in [0.25, 0.3) is 6.08 Å². The van der Waals surface area contributed by atoms with Gasteiger partial charge in [-0.25, -0.2) is 0 Å². The second-order valence-electron chi connectivity index (χ2n) is 2.69. The molecule has 1 aromatic carbocycles. The highest BCUT2D eigenvalue weighted by Gasteiger charge is 2.01. The molecule has 1 rings (SSSR count). The van der Waals surface area contributed by atoms with E-state index < -0.39 is 0 Å². The first-order valence-electron chi connectivity index (χ1n) is 4.43. The molecule has 0 amide bonds. The van der Waals surface area contributed by atoms with E-state index in [0.717, 1.165) is 11.3 Å². The molecule has 0 aliphatic heterocycles. The number of nitrogen functional groups attached to an aromatic ring is 1. The topological polar surface area (TPSA) is 35.2 Å². The summed E-state index contributed by atoms with van der Waals surface area (Å²) in [5, 5.41) is 0. The van der Waals surface area contributed by atoms with Crippen LogP contribution in [0, 0.1) is 0 Å². The third-order valence-corrected chi connectivity index (χ3v) is 1.75. The first-order valence-corrected chi connectivity index (χ1v) is 4.43. The molecule has 0 aliphatic rings. The van der Waals surface area contributed by atoms with Gasteiger partial charge in [-0.05, 0) is 19.9 Å². The van der Waals surface area contributed by atoms with Crippen molar-refractivity contribution in [1.29, 1.82) is 0 Å². The first-order chi connectivity index (χ1) is 6.29. The summed E-state index contributed by atoms with van der Waals surface area (Å²) in [6.07, 6.45) is 3.93. The van der Waals surface area contributed by atoms with Gasteiger partial charge in [0.15, 0.2) is 0 Å². The fourth-order valence-corrected chi connectivity index (χ4v) is 1.17. The van der Waals surface area contributed by atoms with Crippen LogP contribution in [-0.4, -0.2) is 6.61 Å². The molecular formula is C11H15NO. The van der Waals surface area contributed by atoms with Gasteiger partial charge in [-0.1, -0.05) is 24.3 Å². The van der Waals surface area contributed by atoms with Gasteiger partial charge in [0.2, 0.25) is 0 Å². The smallest absolute Gasteiger partial charge is 0.142 e. The van der Waals surface area contributed by atoms with Gasteiger partial charge in [-0.3, -0.25) is 0 Å². The van der Waals surface area contributed by atoms with E-state index in [9.17, 15) is 0 Å². The normalized spacial score (nSPS) is 10.6. The average Bonchev–Trinajstić information content (AvgIpc) is 2.13. The maximum atomic E-state index is 5.88. The third kappa shape index (κ3) is 2.25. The van der Waals surface area contributed by atoms with Crippen LogP contribution in [0.15, 0.2) is 24.3 Å². The van der Waals surface area contributed by atoms with Crippen molar-refractivity contribution in [1.82, 2.24) is 0 Å². The lowest BCUT2D eigenvalue weighted by atomic mass is 10.1. The molecule has 0 spiro atoms. The molecule has 70 valence electrons. The molecule has 0 aliphatic carbocycles. The van der Waals surface area contributed by atoms with Gasteiger partial charge in [0, 0.05) is 5.56 Å². The average molecular weight is 177 g/mol. The van der Waals surface area contributed by atoms with Gasteiger partial charge < -0.3 is 10.5 Å². The van der Waals surface area contributed by atoms with E-state index in [1.165, 1.54) is 0 Å². The summed E-state index contributed by atoms with van der Waals surface area (Å²) in [6.45, 7) is 4.55. The van der Waals surface area contributed by atoms with Gasteiger partial charge in [0.1, 0.15) is 5.75 Å². The minimum atomic E-state index is 0.642. The Morgan fingerprint density at radius 2 is 2.23 bits per heavy atom. The lowest BCUT2D eigenvalue weighted by Gasteiger charge is -2.08. The van der Waals surface area contributed by atoms with E-state index in [1.807, 2.05) is 44.2 Å². The largest absolute Gasteiger partial charge is 0.492 e. The highest BCUT2D eigenvalue weighted by Crippen LogP contribution is 2.25. The standard InChI is InChI=1S/C11H15NO/c1-3-6-9-7-5-8-10(11(9)12)13-4-2/h3,5-8H,4,12H2,1-2H3/b6-3-. The van der Waals surface area contributed by atoms with Crippen molar-refractivity contribution in [3.05, 3.63) is 29.8 Å². The van der Waals surface area contributed by atoms with E-state index in [2.05, 4.69) is 0 Å². The number of hydrogen-bond donors (Lipinski definition) is 1. The molecule has 2 N–H and O–H groups in total. The van der Waals surface area contributed by atoms with Gasteiger partial charge in [-0.2, -0.15) is 0 Å². The third-order valence-electron chi connectivity index (χ3n) is 1.75. The summed E-state index contributed by atoms with van der Waals surface area (Å²) in [7, 11) is 0. The maximum Gasteiger partial charge on any atom is 0.142 e. The van der Waals surface area contributed by atoms with Crippen molar-refractivity contribution in [3.63, 3.8) is 0 Å². The summed E-state index contributed by atoms with van der Waals surface area (Å²) in [4.78, 5) is 0. The molecule has 0 saturated carbocycles. The van der Waals surface area contributed by atoms with E-state index in [1.54, 1.807) is 0 Å². The van der Waals surface area contributed by atoms with Crippen LogP contribution < -0.4 is 10.5 Å². The number of rotatable bonds is 3. The Balaban J connectivity index is 3.03. The SMILES string of the molecule is C/C=C\c1cccc(OCC)c1N. The highest BCUT2D eigenvalue weighted by molar-refractivity contribution is 5.70. The van der Waals surface area contributed by atoms with Crippen LogP contribution in [0.4, 0.5) is 5.69 Å². The number of allylic oxidation sites excluding steroid dienone is 1. The van der Waals surface area contributed by atoms with Crippen LogP contribution in [0.2, 0.25) is 0 Å². The molecule has 0 bridgehead atoms. The van der Waals surface area contributed by atoms with Crippen LogP contribution in [0.5, 0.6) is 5.75 Å². The number of ether oxygens (including phenoxy) is 1. The fraction of sp³-hybridized carbons (Fsp3) is 0.273. The molecule has 0 heterocycles. The highest BCUT2D eigenvalue weighted by atomic mass is 16.5. The zero-order valence-corrected chi connectivity index (χ0v) is 8.08. The second-order valence-corrected chi connectivity index (χ2v) is 2.69. The molecule has 0 radical (unpaired) electrons. The van der Waals surface area contributed by atoms with E-state index in [-0.39, 0.29) is 0 Å². The van der Waals surface area contributed by atoms with Crippen molar-refractivity contribution < 1.29 is 4.74 Å². The van der Waals surface area contributed by atoms with Crippen LogP contribution in [-0.2, 0) is 0 Å². The number of para-hydroxylation sites is 1. The van der Waals surface area contributed by atoms with Gasteiger partial charge in [0.25, 0.3) is 0 Å². The molecule has 0 aromatic heterocycles. The van der Waals surface area contributed by atoms with Crippen molar-refractivity contribution in [3.8, 4) is 5.75 Å². The molecule has 0 saturated heterocycles. The lowest BCUT2D eigenvalue weighted by molar-refractivity contribution is 0.342. The zero-order valence-electron chi connectivity index (χ0n) is 8.08. The minimum absolute atomic E-state index is 0.642. The monoisotopic (exact) mass is 177 g/mol. The molecule has 0 fully saturated rings. The quantitative estimate of drug-likeness (QED) is 0.720. The summed E-state index contributed by atoms with van der Waals surface area (Å²) in [6, 6.07) is 5.79. The van der Waals surface area contributed by atoms with Crippen LogP contribution in [0.3, 0.4) is 0 Å². The fourth-order valence-electron chi connectivity index (χ4n) is 1.17. The van der Waals surface area contributed by atoms with E-state index in [0.29, 0.717) is 12.3 Å². The van der Waals surface area contributed by atoms with E-state index >= 15 is 0 Å². The number of anilines is 1. The minimum Gasteiger partial charge on any atom is -0.492 e. The molecule has 13 heavy (non-hydrogen) atoms. The molecule has 0 atom stereocenters. The number of nitrogens with two attached hydrogens (primary N) is 1. The Labute approximate surface area is 79.0 Å². The Kier molecular flexibility index (Phi) is 3.38. The van der Waals surface area contributed by atoms with Gasteiger partial charge in [0.05, 0.1) is 12.3 Å². The molecular weight excluding hydrogens is 162 g/mol. The Morgan fingerprint density at radius 1 is 1.46 bits per heavy atom. The van der Waals surface area contributed by atoms with Crippen molar-refractivity contribution >= 4 is 11.8 Å². The van der Waals surface area contributed by atoms with Crippen molar-refractivity contribution in [2.24, 2.45) is 0 Å². The van der Waals surface area contributed by atoms with Crippen molar-refractivity contribution in [2.75, 3.05) is 12.3 Å². The molecule has 0 unspecified atom stereocenters. The number of benzene rings is 1. The van der Waals surface area contributed by atoms with Crippen LogP contribution >= 0.6 is 0 Å². The predicted octanol–water partition coefficient (Wildman–Crippen LogP) is 2.70.